The van der Waals surface area contributed by atoms with E-state index in [0.29, 0.717) is 5.56 Å². The van der Waals surface area contributed by atoms with Crippen molar-refractivity contribution >= 4 is 16.0 Å². The molecule has 0 radical (unpaired) electrons. The molecule has 6 nitrogen and oxygen atoms in total. The van der Waals surface area contributed by atoms with E-state index < -0.39 is 22.0 Å². The zero-order chi connectivity index (χ0) is 17.0. The van der Waals surface area contributed by atoms with Gasteiger partial charge in [-0.2, -0.15) is 0 Å². The number of aryl methyl sites for hydroxylation is 1. The van der Waals surface area contributed by atoms with Crippen molar-refractivity contribution in [3.05, 3.63) is 59.4 Å². The van der Waals surface area contributed by atoms with Crippen molar-refractivity contribution in [3.8, 4) is 0 Å². The first kappa shape index (κ1) is 17.1. The fraction of sp³-hybridized carbons (Fsp3) is 0.250. The molecule has 1 aromatic carbocycles. The number of rotatable bonds is 6. The number of nitrogens with zero attached hydrogens (tertiary/aromatic N) is 1. The molecule has 1 heterocycles. The summed E-state index contributed by atoms with van der Waals surface area (Å²) in [5.74, 6) is -0.958. The maximum Gasteiger partial charge on any atom is 0.307 e. The molecule has 1 unspecified atom stereocenters. The van der Waals surface area contributed by atoms with E-state index in [1.165, 1.54) is 24.3 Å². The van der Waals surface area contributed by atoms with Crippen LogP contribution in [-0.4, -0.2) is 24.5 Å². The molecule has 2 rings (SSSR count). The molecule has 7 heteroatoms. The molecule has 2 aromatic rings. The largest absolute Gasteiger partial charge is 0.481 e. The molecule has 0 saturated carbocycles. The summed E-state index contributed by atoms with van der Waals surface area (Å²) in [5.41, 5.74) is 2.18. The van der Waals surface area contributed by atoms with Gasteiger partial charge in [0.15, 0.2) is 0 Å². The lowest BCUT2D eigenvalue weighted by Crippen LogP contribution is -2.27. The first-order valence-corrected chi connectivity index (χ1v) is 8.52. The second-order valence-electron chi connectivity index (χ2n) is 5.29. The summed E-state index contributed by atoms with van der Waals surface area (Å²) >= 11 is 0. The summed E-state index contributed by atoms with van der Waals surface area (Å²) in [5, 5.41) is 8.73. The zero-order valence-corrected chi connectivity index (χ0v) is 13.7. The van der Waals surface area contributed by atoms with Crippen LogP contribution < -0.4 is 4.72 Å². The number of sulfonamides is 1. The van der Waals surface area contributed by atoms with Crippen LogP contribution in [0.1, 0.15) is 29.8 Å². The predicted molar refractivity (Wildman–Crippen MR) is 85.5 cm³/mol. The third kappa shape index (κ3) is 4.61. The highest BCUT2D eigenvalue weighted by Gasteiger charge is 2.18. The van der Waals surface area contributed by atoms with Crippen molar-refractivity contribution in [2.24, 2.45) is 0 Å². The number of aromatic nitrogens is 1. The van der Waals surface area contributed by atoms with Gasteiger partial charge in [0.05, 0.1) is 11.3 Å². The minimum Gasteiger partial charge on any atom is -0.481 e. The normalized spacial score (nSPS) is 12.8. The van der Waals surface area contributed by atoms with E-state index in [4.69, 9.17) is 5.11 Å². The average molecular weight is 334 g/mol. The number of nitrogens with one attached hydrogen (secondary N) is 1. The fourth-order valence-electron chi connectivity index (χ4n) is 2.17. The Labute approximate surface area is 135 Å². The lowest BCUT2D eigenvalue weighted by Gasteiger charge is -2.15. The van der Waals surface area contributed by atoms with Crippen LogP contribution in [0.2, 0.25) is 0 Å². The number of benzene rings is 1. The number of aliphatic carboxylic acids is 1. The van der Waals surface area contributed by atoms with Crippen molar-refractivity contribution in [3.63, 3.8) is 0 Å². The second-order valence-corrected chi connectivity index (χ2v) is 7.00. The SMILES string of the molecule is Cc1cc(C(C)NS(=O)(=O)c2ccc(CC(=O)O)cc2)ccn1. The second kappa shape index (κ2) is 6.89. The van der Waals surface area contributed by atoms with Gasteiger partial charge < -0.3 is 5.11 Å². The first-order valence-electron chi connectivity index (χ1n) is 7.03. The van der Waals surface area contributed by atoms with Crippen LogP contribution in [0.5, 0.6) is 0 Å². The van der Waals surface area contributed by atoms with Gasteiger partial charge in [0.25, 0.3) is 0 Å². The summed E-state index contributed by atoms with van der Waals surface area (Å²) in [6, 6.07) is 9.00. The highest BCUT2D eigenvalue weighted by Crippen LogP contribution is 2.17. The smallest absolute Gasteiger partial charge is 0.307 e. The summed E-state index contributed by atoms with van der Waals surface area (Å²) in [4.78, 5) is 14.8. The topological polar surface area (TPSA) is 96.4 Å². The summed E-state index contributed by atoms with van der Waals surface area (Å²) in [7, 11) is -3.68. The number of carboxylic acid groups (broad SMARTS) is 1. The van der Waals surface area contributed by atoms with E-state index in [2.05, 4.69) is 9.71 Å². The van der Waals surface area contributed by atoms with Gasteiger partial charge in [0.2, 0.25) is 10.0 Å². The van der Waals surface area contributed by atoms with Crippen LogP contribution in [0.15, 0.2) is 47.5 Å². The molecule has 23 heavy (non-hydrogen) atoms. The van der Waals surface area contributed by atoms with Gasteiger partial charge in [-0.3, -0.25) is 9.78 Å². The van der Waals surface area contributed by atoms with Crippen molar-refractivity contribution in [1.82, 2.24) is 9.71 Å². The monoisotopic (exact) mass is 334 g/mol. The molecule has 2 N–H and O–H groups in total. The van der Waals surface area contributed by atoms with Crippen LogP contribution in [-0.2, 0) is 21.2 Å². The number of hydrogen-bond acceptors (Lipinski definition) is 4. The molecule has 122 valence electrons. The molecule has 0 aliphatic carbocycles. The highest BCUT2D eigenvalue weighted by molar-refractivity contribution is 7.89. The van der Waals surface area contributed by atoms with E-state index in [9.17, 15) is 13.2 Å². The van der Waals surface area contributed by atoms with Gasteiger partial charge in [0, 0.05) is 17.9 Å². The molecular weight excluding hydrogens is 316 g/mol. The van der Waals surface area contributed by atoms with Crippen molar-refractivity contribution in [2.45, 2.75) is 31.2 Å². The first-order chi connectivity index (χ1) is 10.8. The van der Waals surface area contributed by atoms with Crippen molar-refractivity contribution in [1.29, 1.82) is 0 Å². The highest BCUT2D eigenvalue weighted by atomic mass is 32.2. The molecule has 0 saturated heterocycles. The number of hydrogen-bond donors (Lipinski definition) is 2. The predicted octanol–water partition coefficient (Wildman–Crippen LogP) is 2.06. The number of carboxylic acids is 1. The van der Waals surface area contributed by atoms with Crippen LogP contribution >= 0.6 is 0 Å². The Kier molecular flexibility index (Phi) is 5.12. The standard InChI is InChI=1S/C16H18N2O4S/c1-11-9-14(7-8-17-11)12(2)18-23(21,22)15-5-3-13(4-6-15)10-16(19)20/h3-9,12,18H,10H2,1-2H3,(H,19,20). The molecule has 0 fully saturated rings. The van der Waals surface area contributed by atoms with Gasteiger partial charge >= 0.3 is 5.97 Å². The van der Waals surface area contributed by atoms with Crippen molar-refractivity contribution in [2.75, 3.05) is 0 Å². The molecule has 1 aromatic heterocycles. The fourth-order valence-corrected chi connectivity index (χ4v) is 3.40. The Morgan fingerprint density at radius 2 is 1.91 bits per heavy atom. The van der Waals surface area contributed by atoms with E-state index in [1.807, 2.05) is 13.0 Å². The van der Waals surface area contributed by atoms with Crippen LogP contribution in [0.3, 0.4) is 0 Å². The summed E-state index contributed by atoms with van der Waals surface area (Å²) in [6.45, 7) is 3.59. The lowest BCUT2D eigenvalue weighted by molar-refractivity contribution is -0.136. The zero-order valence-electron chi connectivity index (χ0n) is 12.9. The molecular formula is C16H18N2O4S. The maximum absolute atomic E-state index is 12.4. The van der Waals surface area contributed by atoms with Gasteiger partial charge in [0.1, 0.15) is 0 Å². The number of pyridine rings is 1. The molecule has 0 aliphatic rings. The van der Waals surface area contributed by atoms with E-state index in [0.717, 1.165) is 11.3 Å². The van der Waals surface area contributed by atoms with Crippen LogP contribution in [0.25, 0.3) is 0 Å². The van der Waals surface area contributed by atoms with E-state index >= 15 is 0 Å². The Balaban J connectivity index is 2.16. The van der Waals surface area contributed by atoms with Crippen LogP contribution in [0.4, 0.5) is 0 Å². The Morgan fingerprint density at radius 3 is 2.48 bits per heavy atom. The Bertz CT molecular complexity index is 801. The number of carbonyl (C=O) groups is 1. The molecule has 0 bridgehead atoms. The average Bonchev–Trinajstić information content (AvgIpc) is 2.46. The Hall–Kier alpha value is -2.25. The quantitative estimate of drug-likeness (QED) is 0.843. The van der Waals surface area contributed by atoms with Gasteiger partial charge in [-0.25, -0.2) is 13.1 Å². The maximum atomic E-state index is 12.4. The van der Waals surface area contributed by atoms with Gasteiger partial charge in [-0.15, -0.1) is 0 Å². The molecule has 1 atom stereocenters. The Morgan fingerprint density at radius 1 is 1.26 bits per heavy atom. The summed E-state index contributed by atoms with van der Waals surface area (Å²) < 4.78 is 27.4. The van der Waals surface area contributed by atoms with Crippen molar-refractivity contribution < 1.29 is 18.3 Å². The van der Waals surface area contributed by atoms with E-state index in [1.54, 1.807) is 19.2 Å². The third-order valence-corrected chi connectivity index (χ3v) is 4.90. The molecule has 0 amide bonds. The van der Waals surface area contributed by atoms with E-state index in [-0.39, 0.29) is 11.3 Å². The van der Waals surface area contributed by atoms with Crippen LogP contribution in [0, 0.1) is 6.92 Å². The minimum atomic E-state index is -3.68. The third-order valence-electron chi connectivity index (χ3n) is 3.34. The minimum absolute atomic E-state index is 0.101. The molecule has 0 spiro atoms. The summed E-state index contributed by atoms with van der Waals surface area (Å²) in [6.07, 6.45) is 1.50. The van der Waals surface area contributed by atoms with Gasteiger partial charge in [-0.05, 0) is 49.2 Å². The lowest BCUT2D eigenvalue weighted by atomic mass is 10.1. The molecule has 0 aliphatic heterocycles. The van der Waals surface area contributed by atoms with Gasteiger partial charge in [-0.1, -0.05) is 12.1 Å².